The molecule has 1 aliphatic carbocycles. The standard InChI is InChI=1S/C12H23NO2/c1-12(14-8-9-15-12)6-7-13-10-11-4-2-3-5-11/h11,13H,2-10H2,1H3. The highest BCUT2D eigenvalue weighted by Crippen LogP contribution is 2.24. The van der Waals surface area contributed by atoms with Crippen LogP contribution in [-0.2, 0) is 9.47 Å². The molecular formula is C12H23NO2. The minimum Gasteiger partial charge on any atom is -0.348 e. The van der Waals surface area contributed by atoms with Crippen LogP contribution in [0.15, 0.2) is 0 Å². The van der Waals surface area contributed by atoms with E-state index in [2.05, 4.69) is 5.32 Å². The van der Waals surface area contributed by atoms with Crippen molar-refractivity contribution in [1.82, 2.24) is 5.32 Å². The molecule has 0 unspecified atom stereocenters. The van der Waals surface area contributed by atoms with Crippen molar-refractivity contribution < 1.29 is 9.47 Å². The Balaban J connectivity index is 1.54. The van der Waals surface area contributed by atoms with Crippen molar-refractivity contribution in [2.45, 2.75) is 44.8 Å². The van der Waals surface area contributed by atoms with Crippen molar-refractivity contribution in [3.8, 4) is 0 Å². The highest BCUT2D eigenvalue weighted by molar-refractivity contribution is 4.72. The highest BCUT2D eigenvalue weighted by Gasteiger charge is 2.30. The van der Waals surface area contributed by atoms with E-state index in [0.717, 1.165) is 32.1 Å². The first-order valence-electron chi connectivity index (χ1n) is 6.27. The smallest absolute Gasteiger partial charge is 0.166 e. The van der Waals surface area contributed by atoms with Gasteiger partial charge in [-0.25, -0.2) is 0 Å². The lowest BCUT2D eigenvalue weighted by molar-refractivity contribution is -0.145. The van der Waals surface area contributed by atoms with Crippen LogP contribution < -0.4 is 5.32 Å². The van der Waals surface area contributed by atoms with Gasteiger partial charge in [0.15, 0.2) is 5.79 Å². The summed E-state index contributed by atoms with van der Waals surface area (Å²) >= 11 is 0. The number of hydrogen-bond acceptors (Lipinski definition) is 3. The van der Waals surface area contributed by atoms with Crippen molar-refractivity contribution in [3.05, 3.63) is 0 Å². The maximum absolute atomic E-state index is 5.55. The lowest BCUT2D eigenvalue weighted by atomic mass is 10.1. The molecule has 1 saturated heterocycles. The Kier molecular flexibility index (Phi) is 4.00. The minimum atomic E-state index is -0.317. The molecule has 15 heavy (non-hydrogen) atoms. The summed E-state index contributed by atoms with van der Waals surface area (Å²) in [6.45, 7) is 5.72. The highest BCUT2D eigenvalue weighted by atomic mass is 16.7. The summed E-state index contributed by atoms with van der Waals surface area (Å²) in [5.41, 5.74) is 0. The first-order chi connectivity index (χ1) is 7.29. The predicted octanol–water partition coefficient (Wildman–Crippen LogP) is 1.92. The summed E-state index contributed by atoms with van der Waals surface area (Å²) in [7, 11) is 0. The molecule has 2 aliphatic rings. The molecule has 3 heteroatoms. The van der Waals surface area contributed by atoms with Gasteiger partial charge in [-0.15, -0.1) is 0 Å². The van der Waals surface area contributed by atoms with Gasteiger partial charge >= 0.3 is 0 Å². The van der Waals surface area contributed by atoms with E-state index in [0.29, 0.717) is 0 Å². The second kappa shape index (κ2) is 5.28. The van der Waals surface area contributed by atoms with Gasteiger partial charge in [-0.3, -0.25) is 0 Å². The molecule has 0 aromatic rings. The Hall–Kier alpha value is -0.120. The van der Waals surface area contributed by atoms with Crippen LogP contribution in [0.5, 0.6) is 0 Å². The topological polar surface area (TPSA) is 30.5 Å². The van der Waals surface area contributed by atoms with Crippen molar-refractivity contribution in [1.29, 1.82) is 0 Å². The summed E-state index contributed by atoms with van der Waals surface area (Å²) in [4.78, 5) is 0. The SMILES string of the molecule is CC1(CCNCC2CCCC2)OCCO1. The number of rotatable bonds is 5. The zero-order chi connectivity index (χ0) is 10.6. The maximum atomic E-state index is 5.55. The van der Waals surface area contributed by atoms with Crippen LogP contribution in [0.2, 0.25) is 0 Å². The molecular weight excluding hydrogens is 190 g/mol. The van der Waals surface area contributed by atoms with Gasteiger partial charge in [-0.05, 0) is 32.2 Å². The van der Waals surface area contributed by atoms with Crippen molar-refractivity contribution in [3.63, 3.8) is 0 Å². The Labute approximate surface area is 92.5 Å². The summed E-state index contributed by atoms with van der Waals surface area (Å²) in [5, 5.41) is 3.52. The van der Waals surface area contributed by atoms with Crippen LogP contribution in [0.25, 0.3) is 0 Å². The fraction of sp³-hybridized carbons (Fsp3) is 1.00. The van der Waals surface area contributed by atoms with E-state index < -0.39 is 0 Å². The van der Waals surface area contributed by atoms with E-state index in [9.17, 15) is 0 Å². The van der Waals surface area contributed by atoms with Gasteiger partial charge in [0.1, 0.15) is 0 Å². The summed E-state index contributed by atoms with van der Waals surface area (Å²) in [6, 6.07) is 0. The molecule has 3 nitrogen and oxygen atoms in total. The third-order valence-electron chi connectivity index (χ3n) is 3.56. The van der Waals surface area contributed by atoms with Gasteiger partial charge in [0, 0.05) is 13.0 Å². The van der Waals surface area contributed by atoms with Gasteiger partial charge in [0.25, 0.3) is 0 Å². The Morgan fingerprint density at radius 3 is 2.53 bits per heavy atom. The molecule has 2 rings (SSSR count). The number of nitrogens with one attached hydrogen (secondary N) is 1. The van der Waals surface area contributed by atoms with Gasteiger partial charge < -0.3 is 14.8 Å². The number of hydrogen-bond donors (Lipinski definition) is 1. The maximum Gasteiger partial charge on any atom is 0.166 e. The lowest BCUT2D eigenvalue weighted by Crippen LogP contribution is -2.32. The molecule has 0 atom stereocenters. The molecule has 88 valence electrons. The average Bonchev–Trinajstić information content (AvgIpc) is 2.84. The van der Waals surface area contributed by atoms with Crippen LogP contribution >= 0.6 is 0 Å². The zero-order valence-electron chi connectivity index (χ0n) is 9.76. The average molecular weight is 213 g/mol. The van der Waals surface area contributed by atoms with E-state index in [1.54, 1.807) is 0 Å². The molecule has 0 aromatic carbocycles. The molecule has 0 bridgehead atoms. The Morgan fingerprint density at radius 1 is 1.20 bits per heavy atom. The van der Waals surface area contributed by atoms with Gasteiger partial charge in [0.05, 0.1) is 13.2 Å². The molecule has 0 radical (unpaired) electrons. The van der Waals surface area contributed by atoms with Crippen LogP contribution in [-0.4, -0.2) is 32.1 Å². The zero-order valence-corrected chi connectivity index (χ0v) is 9.76. The van der Waals surface area contributed by atoms with E-state index in [4.69, 9.17) is 9.47 Å². The largest absolute Gasteiger partial charge is 0.348 e. The summed E-state index contributed by atoms with van der Waals surface area (Å²) in [6.07, 6.45) is 6.64. The third-order valence-corrected chi connectivity index (χ3v) is 3.56. The first-order valence-corrected chi connectivity index (χ1v) is 6.27. The monoisotopic (exact) mass is 213 g/mol. The normalized spacial score (nSPS) is 26.2. The Morgan fingerprint density at radius 2 is 1.87 bits per heavy atom. The van der Waals surface area contributed by atoms with Crippen LogP contribution in [0, 0.1) is 5.92 Å². The van der Waals surface area contributed by atoms with Gasteiger partial charge in [0.2, 0.25) is 0 Å². The summed E-state index contributed by atoms with van der Waals surface area (Å²) in [5.74, 6) is 0.603. The summed E-state index contributed by atoms with van der Waals surface area (Å²) < 4.78 is 11.1. The molecule has 0 amide bonds. The Bertz CT molecular complexity index is 184. The number of ether oxygens (including phenoxy) is 2. The molecule has 1 saturated carbocycles. The molecule has 0 aromatic heterocycles. The van der Waals surface area contributed by atoms with Gasteiger partial charge in [-0.2, -0.15) is 0 Å². The minimum absolute atomic E-state index is 0.317. The van der Waals surface area contributed by atoms with Crippen LogP contribution in [0.4, 0.5) is 0 Å². The molecule has 0 spiro atoms. The molecule has 1 aliphatic heterocycles. The van der Waals surface area contributed by atoms with E-state index in [1.165, 1.54) is 32.2 Å². The molecule has 1 heterocycles. The quantitative estimate of drug-likeness (QED) is 0.708. The second-order valence-corrected chi connectivity index (χ2v) is 4.94. The molecule has 1 N–H and O–H groups in total. The van der Waals surface area contributed by atoms with E-state index >= 15 is 0 Å². The second-order valence-electron chi connectivity index (χ2n) is 4.94. The first kappa shape index (κ1) is 11.4. The lowest BCUT2D eigenvalue weighted by Gasteiger charge is -2.22. The molecule has 2 fully saturated rings. The fourth-order valence-corrected chi connectivity index (χ4v) is 2.54. The van der Waals surface area contributed by atoms with Crippen molar-refractivity contribution >= 4 is 0 Å². The van der Waals surface area contributed by atoms with Crippen LogP contribution in [0.3, 0.4) is 0 Å². The van der Waals surface area contributed by atoms with Crippen LogP contribution in [0.1, 0.15) is 39.0 Å². The van der Waals surface area contributed by atoms with E-state index in [-0.39, 0.29) is 5.79 Å². The third kappa shape index (κ3) is 3.44. The van der Waals surface area contributed by atoms with Crippen molar-refractivity contribution in [2.24, 2.45) is 5.92 Å². The van der Waals surface area contributed by atoms with E-state index in [1.807, 2.05) is 6.92 Å². The predicted molar refractivity (Wildman–Crippen MR) is 59.8 cm³/mol. The fourth-order valence-electron chi connectivity index (χ4n) is 2.54. The van der Waals surface area contributed by atoms with Crippen molar-refractivity contribution in [2.75, 3.05) is 26.3 Å². The van der Waals surface area contributed by atoms with Gasteiger partial charge in [-0.1, -0.05) is 12.8 Å².